The van der Waals surface area contributed by atoms with E-state index in [1.165, 1.54) is 5.56 Å². The molecule has 0 radical (unpaired) electrons. The van der Waals surface area contributed by atoms with Crippen LogP contribution in [-0.2, 0) is 0 Å². The number of benzene rings is 1. The number of nitrogens with one attached hydrogen (secondary N) is 2. The first-order valence-corrected chi connectivity index (χ1v) is 8.09. The highest BCUT2D eigenvalue weighted by Gasteiger charge is 2.21. The number of methoxy groups -OCH3 is 1. The van der Waals surface area contributed by atoms with Crippen molar-refractivity contribution in [2.75, 3.05) is 7.11 Å². The number of aromatic amines is 2. The van der Waals surface area contributed by atoms with Crippen LogP contribution >= 0.6 is 31.9 Å². The average Bonchev–Trinajstić information content (AvgIpc) is 3.12. The maximum absolute atomic E-state index is 5.38. The normalized spacial score (nSPS) is 11.0. The third-order valence-electron chi connectivity index (χ3n) is 3.42. The van der Waals surface area contributed by atoms with Crippen LogP contribution in [-0.4, -0.2) is 17.1 Å². The van der Waals surface area contributed by atoms with Gasteiger partial charge in [-0.05, 0) is 73.8 Å². The summed E-state index contributed by atoms with van der Waals surface area (Å²) < 4.78 is 7.24. The number of hydrogen-bond donors (Lipinski definition) is 2. The molecule has 2 aromatic heterocycles. The van der Waals surface area contributed by atoms with E-state index < -0.39 is 0 Å². The fourth-order valence-corrected chi connectivity index (χ4v) is 4.06. The van der Waals surface area contributed by atoms with Crippen molar-refractivity contribution < 1.29 is 4.74 Å². The summed E-state index contributed by atoms with van der Waals surface area (Å²) in [6.45, 7) is 0. The second-order valence-corrected chi connectivity index (χ2v) is 6.41. The Morgan fingerprint density at radius 3 is 1.86 bits per heavy atom. The summed E-state index contributed by atoms with van der Waals surface area (Å²) in [5, 5.41) is 0. The minimum Gasteiger partial charge on any atom is -0.494 e. The molecular formula is C16H14Br2N2O. The van der Waals surface area contributed by atoms with Gasteiger partial charge in [-0.3, -0.25) is 0 Å². The van der Waals surface area contributed by atoms with Crippen LogP contribution in [0.5, 0.6) is 5.75 Å². The Hall–Kier alpha value is -1.46. The number of H-pyrrole nitrogens is 2. The molecule has 3 rings (SSSR count). The molecule has 0 aliphatic carbocycles. The molecule has 2 N–H and O–H groups in total. The van der Waals surface area contributed by atoms with Crippen molar-refractivity contribution in [1.82, 2.24) is 9.97 Å². The largest absolute Gasteiger partial charge is 0.494 e. The molecule has 0 aliphatic rings. The summed E-state index contributed by atoms with van der Waals surface area (Å²) in [5.41, 5.74) is 3.45. The zero-order chi connectivity index (χ0) is 14.8. The Morgan fingerprint density at radius 1 is 0.952 bits per heavy atom. The SMILES string of the molecule is COc1c(Br)cc(C(c2ccc[nH]2)c2ccc[nH]2)cc1Br. The molecule has 3 aromatic rings. The molecule has 0 amide bonds. The van der Waals surface area contributed by atoms with Crippen molar-refractivity contribution in [1.29, 1.82) is 0 Å². The zero-order valence-electron chi connectivity index (χ0n) is 11.4. The van der Waals surface area contributed by atoms with Crippen LogP contribution in [0.25, 0.3) is 0 Å². The second-order valence-electron chi connectivity index (χ2n) is 4.70. The number of halogens is 2. The van der Waals surface area contributed by atoms with Gasteiger partial charge < -0.3 is 14.7 Å². The molecule has 2 heterocycles. The van der Waals surface area contributed by atoms with Gasteiger partial charge in [-0.25, -0.2) is 0 Å². The molecule has 108 valence electrons. The van der Waals surface area contributed by atoms with Crippen molar-refractivity contribution in [3.05, 3.63) is 74.7 Å². The summed E-state index contributed by atoms with van der Waals surface area (Å²) in [6.07, 6.45) is 3.89. The summed E-state index contributed by atoms with van der Waals surface area (Å²) in [5.74, 6) is 0.920. The highest BCUT2D eigenvalue weighted by molar-refractivity contribution is 9.11. The molecule has 0 spiro atoms. The topological polar surface area (TPSA) is 40.8 Å². The third-order valence-corrected chi connectivity index (χ3v) is 4.60. The maximum Gasteiger partial charge on any atom is 0.147 e. The summed E-state index contributed by atoms with van der Waals surface area (Å²) in [6, 6.07) is 12.4. The van der Waals surface area contributed by atoms with Crippen LogP contribution in [0.3, 0.4) is 0 Å². The third kappa shape index (κ3) is 2.80. The molecule has 0 saturated carbocycles. The van der Waals surface area contributed by atoms with Crippen molar-refractivity contribution in [3.8, 4) is 5.75 Å². The Bertz CT molecular complexity index is 664. The van der Waals surface area contributed by atoms with Gasteiger partial charge in [0.2, 0.25) is 0 Å². The van der Waals surface area contributed by atoms with Crippen LogP contribution in [0.4, 0.5) is 0 Å². The molecule has 21 heavy (non-hydrogen) atoms. The highest BCUT2D eigenvalue weighted by atomic mass is 79.9. The number of aromatic nitrogens is 2. The molecule has 1 aromatic carbocycles. The van der Waals surface area contributed by atoms with Gasteiger partial charge in [0.25, 0.3) is 0 Å². The molecule has 0 bridgehead atoms. The van der Waals surface area contributed by atoms with Crippen LogP contribution in [0.1, 0.15) is 22.9 Å². The van der Waals surface area contributed by atoms with Gasteiger partial charge in [0.1, 0.15) is 5.75 Å². The Labute approximate surface area is 140 Å². The molecule has 0 unspecified atom stereocenters. The van der Waals surface area contributed by atoms with E-state index in [2.05, 4.69) is 66.1 Å². The molecule has 3 nitrogen and oxygen atoms in total. The molecular weight excluding hydrogens is 396 g/mol. The summed E-state index contributed by atoms with van der Waals surface area (Å²) in [4.78, 5) is 6.62. The quantitative estimate of drug-likeness (QED) is 0.621. The molecule has 0 fully saturated rings. The van der Waals surface area contributed by atoms with Crippen molar-refractivity contribution in [2.45, 2.75) is 5.92 Å². The first-order chi connectivity index (χ1) is 10.2. The van der Waals surface area contributed by atoms with E-state index in [4.69, 9.17) is 4.74 Å². The number of rotatable bonds is 4. The van der Waals surface area contributed by atoms with Gasteiger partial charge in [0.15, 0.2) is 0 Å². The lowest BCUT2D eigenvalue weighted by molar-refractivity contribution is 0.409. The van der Waals surface area contributed by atoms with Crippen LogP contribution in [0, 0.1) is 0 Å². The van der Waals surface area contributed by atoms with Gasteiger partial charge in [0.05, 0.1) is 22.0 Å². The Kier molecular flexibility index (Phi) is 4.22. The van der Waals surface area contributed by atoms with Crippen LogP contribution < -0.4 is 4.74 Å². The summed E-state index contributed by atoms with van der Waals surface area (Å²) in [7, 11) is 1.66. The molecule has 0 aliphatic heterocycles. The van der Waals surface area contributed by atoms with E-state index >= 15 is 0 Å². The monoisotopic (exact) mass is 408 g/mol. The van der Waals surface area contributed by atoms with Crippen LogP contribution in [0.15, 0.2) is 57.7 Å². The van der Waals surface area contributed by atoms with Gasteiger partial charge >= 0.3 is 0 Å². The maximum atomic E-state index is 5.38. The minimum atomic E-state index is 0.119. The molecule has 0 saturated heterocycles. The first-order valence-electron chi connectivity index (χ1n) is 6.50. The van der Waals surface area contributed by atoms with Gasteiger partial charge in [-0.1, -0.05) is 0 Å². The van der Waals surface area contributed by atoms with E-state index in [1.54, 1.807) is 7.11 Å². The van der Waals surface area contributed by atoms with E-state index in [1.807, 2.05) is 24.5 Å². The smallest absolute Gasteiger partial charge is 0.147 e. The fourth-order valence-electron chi connectivity index (χ4n) is 2.52. The lowest BCUT2D eigenvalue weighted by Gasteiger charge is -2.17. The molecule has 0 atom stereocenters. The van der Waals surface area contributed by atoms with Crippen molar-refractivity contribution in [3.63, 3.8) is 0 Å². The lowest BCUT2D eigenvalue weighted by atomic mass is 9.92. The Balaban J connectivity index is 2.14. The average molecular weight is 410 g/mol. The van der Waals surface area contributed by atoms with Gasteiger partial charge in [-0.2, -0.15) is 0 Å². The first kappa shape index (κ1) is 14.5. The van der Waals surface area contributed by atoms with E-state index in [0.717, 1.165) is 26.1 Å². The molecule has 5 heteroatoms. The van der Waals surface area contributed by atoms with Crippen molar-refractivity contribution >= 4 is 31.9 Å². The minimum absolute atomic E-state index is 0.119. The predicted molar refractivity (Wildman–Crippen MR) is 90.9 cm³/mol. The van der Waals surface area contributed by atoms with E-state index in [-0.39, 0.29) is 5.92 Å². The van der Waals surface area contributed by atoms with Gasteiger partial charge in [0, 0.05) is 23.8 Å². The number of ether oxygens (including phenoxy) is 1. The lowest BCUT2D eigenvalue weighted by Crippen LogP contribution is -2.05. The summed E-state index contributed by atoms with van der Waals surface area (Å²) >= 11 is 7.16. The Morgan fingerprint density at radius 2 is 1.48 bits per heavy atom. The standard InChI is InChI=1S/C16H14Br2N2O/c1-21-16-11(17)8-10(9-12(16)18)15(13-4-2-6-19-13)14-5-3-7-20-14/h2-9,15,19-20H,1H3. The zero-order valence-corrected chi connectivity index (χ0v) is 14.5. The van der Waals surface area contributed by atoms with Gasteiger partial charge in [-0.15, -0.1) is 0 Å². The highest BCUT2D eigenvalue weighted by Crippen LogP contribution is 2.39. The van der Waals surface area contributed by atoms with E-state index in [9.17, 15) is 0 Å². The number of hydrogen-bond acceptors (Lipinski definition) is 1. The van der Waals surface area contributed by atoms with Crippen molar-refractivity contribution in [2.24, 2.45) is 0 Å². The second kappa shape index (κ2) is 6.12. The fraction of sp³-hybridized carbons (Fsp3) is 0.125. The van der Waals surface area contributed by atoms with Crippen LogP contribution in [0.2, 0.25) is 0 Å². The predicted octanol–water partition coefficient (Wildman–Crippen LogP) is 5.06. The van der Waals surface area contributed by atoms with E-state index in [0.29, 0.717) is 0 Å².